The second-order valence-electron chi connectivity index (χ2n) is 5.82. The highest BCUT2D eigenvalue weighted by atomic mass is 79.9. The lowest BCUT2D eigenvalue weighted by molar-refractivity contribution is 0.625. The Kier molecular flexibility index (Phi) is 4.74. The molecule has 4 rings (SSSR count). The summed E-state index contributed by atoms with van der Waals surface area (Å²) in [6, 6.07) is 24.5. The monoisotopic (exact) mass is 470 g/mol. The van der Waals surface area contributed by atoms with Gasteiger partial charge in [0.2, 0.25) is 0 Å². The Morgan fingerprint density at radius 1 is 0.731 bits per heavy atom. The van der Waals surface area contributed by atoms with Crippen molar-refractivity contribution in [2.45, 2.75) is 0 Å². The summed E-state index contributed by atoms with van der Waals surface area (Å²) in [6.45, 7) is 0. The minimum absolute atomic E-state index is 0.287. The molecule has 3 aromatic carbocycles. The second kappa shape index (κ2) is 7.17. The summed E-state index contributed by atoms with van der Waals surface area (Å²) >= 11 is 6.92. The Morgan fingerprint density at radius 2 is 1.35 bits per heavy atom. The average Bonchev–Trinajstić information content (AvgIpc) is 3.08. The van der Waals surface area contributed by atoms with Crippen LogP contribution in [0.4, 0.5) is 4.39 Å². The van der Waals surface area contributed by atoms with E-state index in [0.29, 0.717) is 5.69 Å². The molecule has 5 heteroatoms. The van der Waals surface area contributed by atoms with E-state index < -0.39 is 0 Å². The van der Waals surface area contributed by atoms with Crippen LogP contribution in [0.1, 0.15) is 0 Å². The maximum absolute atomic E-state index is 13.8. The first-order chi connectivity index (χ1) is 12.6. The standard InChI is InChI=1S/C21H13Br2FN2/c22-16-8-4-14(5-9-16)20-13-21(15-6-10-17(23)11-7-15)26(25-20)19-3-1-2-18(24)12-19/h1-13H. The number of rotatable bonds is 3. The Hall–Kier alpha value is -2.24. The van der Waals surface area contributed by atoms with Crippen molar-refractivity contribution < 1.29 is 4.39 Å². The van der Waals surface area contributed by atoms with Crippen molar-refractivity contribution >= 4 is 31.9 Å². The minimum Gasteiger partial charge on any atom is -0.232 e. The number of halogens is 3. The molecule has 0 aliphatic carbocycles. The average molecular weight is 472 g/mol. The van der Waals surface area contributed by atoms with Gasteiger partial charge in [-0.2, -0.15) is 5.10 Å². The summed E-state index contributed by atoms with van der Waals surface area (Å²) in [7, 11) is 0. The molecule has 0 atom stereocenters. The van der Waals surface area contributed by atoms with E-state index in [9.17, 15) is 4.39 Å². The molecule has 26 heavy (non-hydrogen) atoms. The number of nitrogens with zero attached hydrogens (tertiary/aromatic N) is 2. The van der Waals surface area contributed by atoms with Crippen molar-refractivity contribution in [2.75, 3.05) is 0 Å². The summed E-state index contributed by atoms with van der Waals surface area (Å²) in [5.74, 6) is -0.287. The van der Waals surface area contributed by atoms with Crippen molar-refractivity contribution in [3.8, 4) is 28.2 Å². The Balaban J connectivity index is 1.90. The normalized spacial score (nSPS) is 10.9. The van der Waals surface area contributed by atoms with Crippen LogP contribution in [0.3, 0.4) is 0 Å². The fraction of sp³-hybridized carbons (Fsp3) is 0. The molecule has 1 heterocycles. The van der Waals surface area contributed by atoms with Crippen LogP contribution in [-0.2, 0) is 0 Å². The summed E-state index contributed by atoms with van der Waals surface area (Å²) in [5.41, 5.74) is 4.43. The van der Waals surface area contributed by atoms with Crippen LogP contribution in [0.2, 0.25) is 0 Å². The van der Waals surface area contributed by atoms with E-state index in [1.807, 2.05) is 60.7 Å². The molecule has 0 bridgehead atoms. The van der Waals surface area contributed by atoms with Gasteiger partial charge < -0.3 is 0 Å². The van der Waals surface area contributed by atoms with Gasteiger partial charge in [-0.3, -0.25) is 0 Å². The van der Waals surface area contributed by atoms with Crippen molar-refractivity contribution in [3.05, 3.63) is 93.6 Å². The minimum atomic E-state index is -0.287. The van der Waals surface area contributed by atoms with Crippen LogP contribution in [0.5, 0.6) is 0 Å². The predicted octanol–water partition coefficient (Wildman–Crippen LogP) is 6.87. The third kappa shape index (κ3) is 3.50. The molecule has 0 fully saturated rings. The lowest BCUT2D eigenvalue weighted by atomic mass is 10.1. The molecule has 2 nitrogen and oxygen atoms in total. The Bertz CT molecular complexity index is 1050. The smallest absolute Gasteiger partial charge is 0.125 e. The Labute approximate surface area is 167 Å². The molecular formula is C21H13Br2FN2. The van der Waals surface area contributed by atoms with Gasteiger partial charge in [-0.1, -0.05) is 62.2 Å². The molecule has 0 radical (unpaired) electrons. The number of aromatic nitrogens is 2. The van der Waals surface area contributed by atoms with Gasteiger partial charge in [-0.15, -0.1) is 0 Å². The van der Waals surface area contributed by atoms with E-state index in [1.54, 1.807) is 10.7 Å². The zero-order valence-corrected chi connectivity index (χ0v) is 16.7. The molecule has 0 saturated heterocycles. The van der Waals surface area contributed by atoms with E-state index in [2.05, 4.69) is 31.9 Å². The summed E-state index contributed by atoms with van der Waals surface area (Å²) < 4.78 is 17.6. The van der Waals surface area contributed by atoms with Gasteiger partial charge in [0.15, 0.2) is 0 Å². The summed E-state index contributed by atoms with van der Waals surface area (Å²) in [4.78, 5) is 0. The molecule has 0 unspecified atom stereocenters. The van der Waals surface area contributed by atoms with E-state index in [0.717, 1.165) is 31.5 Å². The molecule has 0 N–H and O–H groups in total. The largest absolute Gasteiger partial charge is 0.232 e. The van der Waals surface area contributed by atoms with Gasteiger partial charge in [0.25, 0.3) is 0 Å². The third-order valence-corrected chi connectivity index (χ3v) is 5.10. The van der Waals surface area contributed by atoms with Gasteiger partial charge in [-0.05, 0) is 48.5 Å². The summed E-state index contributed by atoms with van der Waals surface area (Å²) in [5, 5.41) is 4.74. The zero-order valence-electron chi connectivity index (χ0n) is 13.5. The maximum Gasteiger partial charge on any atom is 0.125 e. The van der Waals surface area contributed by atoms with Crippen LogP contribution in [0.15, 0.2) is 87.8 Å². The molecule has 0 aliphatic rings. The van der Waals surface area contributed by atoms with E-state index >= 15 is 0 Å². The van der Waals surface area contributed by atoms with Gasteiger partial charge in [0, 0.05) is 20.1 Å². The predicted molar refractivity (Wildman–Crippen MR) is 110 cm³/mol. The van der Waals surface area contributed by atoms with E-state index in [-0.39, 0.29) is 5.82 Å². The highest BCUT2D eigenvalue weighted by Crippen LogP contribution is 2.30. The number of benzene rings is 3. The van der Waals surface area contributed by atoms with Gasteiger partial charge >= 0.3 is 0 Å². The van der Waals surface area contributed by atoms with Crippen molar-refractivity contribution in [1.82, 2.24) is 9.78 Å². The molecule has 0 spiro atoms. The fourth-order valence-electron chi connectivity index (χ4n) is 2.77. The van der Waals surface area contributed by atoms with E-state index in [1.165, 1.54) is 12.1 Å². The third-order valence-electron chi connectivity index (χ3n) is 4.04. The first-order valence-electron chi connectivity index (χ1n) is 7.98. The second-order valence-corrected chi connectivity index (χ2v) is 7.65. The van der Waals surface area contributed by atoms with Crippen molar-refractivity contribution in [2.24, 2.45) is 0 Å². The maximum atomic E-state index is 13.8. The number of hydrogen-bond donors (Lipinski definition) is 0. The van der Waals surface area contributed by atoms with Gasteiger partial charge in [0.1, 0.15) is 5.82 Å². The summed E-state index contributed by atoms with van der Waals surface area (Å²) in [6.07, 6.45) is 0. The quantitative estimate of drug-likeness (QED) is 0.318. The van der Waals surface area contributed by atoms with Crippen LogP contribution < -0.4 is 0 Å². The topological polar surface area (TPSA) is 17.8 Å². The molecule has 0 aliphatic heterocycles. The van der Waals surface area contributed by atoms with Gasteiger partial charge in [-0.25, -0.2) is 9.07 Å². The fourth-order valence-corrected chi connectivity index (χ4v) is 3.30. The van der Waals surface area contributed by atoms with Crippen LogP contribution >= 0.6 is 31.9 Å². The van der Waals surface area contributed by atoms with E-state index in [4.69, 9.17) is 5.10 Å². The first-order valence-corrected chi connectivity index (χ1v) is 9.57. The molecule has 0 amide bonds. The van der Waals surface area contributed by atoms with Crippen molar-refractivity contribution in [1.29, 1.82) is 0 Å². The molecule has 1 aromatic heterocycles. The molecule has 4 aromatic rings. The van der Waals surface area contributed by atoms with Gasteiger partial charge in [0.05, 0.1) is 17.1 Å². The lowest BCUT2D eigenvalue weighted by Crippen LogP contribution is -1.99. The van der Waals surface area contributed by atoms with Crippen LogP contribution in [0.25, 0.3) is 28.2 Å². The SMILES string of the molecule is Fc1cccc(-n2nc(-c3ccc(Br)cc3)cc2-c2ccc(Br)cc2)c1. The van der Waals surface area contributed by atoms with Crippen LogP contribution in [-0.4, -0.2) is 9.78 Å². The first kappa shape index (κ1) is 17.2. The van der Waals surface area contributed by atoms with Crippen molar-refractivity contribution in [3.63, 3.8) is 0 Å². The number of hydrogen-bond acceptors (Lipinski definition) is 1. The lowest BCUT2D eigenvalue weighted by Gasteiger charge is -2.08. The molecule has 0 saturated carbocycles. The Morgan fingerprint density at radius 3 is 1.96 bits per heavy atom. The van der Waals surface area contributed by atoms with Crippen LogP contribution in [0, 0.1) is 5.82 Å². The molecule has 128 valence electrons. The zero-order chi connectivity index (χ0) is 18.1. The highest BCUT2D eigenvalue weighted by molar-refractivity contribution is 9.10. The molecular weight excluding hydrogens is 459 g/mol. The highest BCUT2D eigenvalue weighted by Gasteiger charge is 2.13.